The zero-order valence-corrected chi connectivity index (χ0v) is 13.2. The molecule has 3 unspecified atom stereocenters. The minimum Gasteiger partial charge on any atom is -0.342 e. The summed E-state index contributed by atoms with van der Waals surface area (Å²) < 4.78 is 23.4. The Kier molecular flexibility index (Phi) is 5.80. The molecule has 0 heterocycles. The number of carbonyl (C=O) groups excluding carboxylic acids is 1. The predicted octanol–water partition coefficient (Wildman–Crippen LogP) is 0.799. The lowest BCUT2D eigenvalue weighted by Gasteiger charge is -2.27. The fourth-order valence-corrected chi connectivity index (χ4v) is 4.24. The molecule has 0 aromatic carbocycles. The maximum absolute atomic E-state index is 12.2. The van der Waals surface area contributed by atoms with Gasteiger partial charge in [0.2, 0.25) is 5.91 Å². The van der Waals surface area contributed by atoms with Crippen LogP contribution in [0.3, 0.4) is 0 Å². The van der Waals surface area contributed by atoms with Gasteiger partial charge in [-0.3, -0.25) is 4.79 Å². The molecule has 1 N–H and O–H groups in total. The van der Waals surface area contributed by atoms with Gasteiger partial charge in [-0.05, 0) is 33.6 Å². The maximum atomic E-state index is 12.2. The van der Waals surface area contributed by atoms with E-state index in [-0.39, 0.29) is 23.2 Å². The number of sulfone groups is 1. The number of amides is 1. The average Bonchev–Trinajstić information content (AvgIpc) is 2.78. The molecule has 1 saturated carbocycles. The lowest BCUT2D eigenvalue weighted by Crippen LogP contribution is -2.51. The lowest BCUT2D eigenvalue weighted by atomic mass is 10.2. The quantitative estimate of drug-likeness (QED) is 0.786. The Labute approximate surface area is 116 Å². The fourth-order valence-electron chi connectivity index (χ4n) is 2.83. The summed E-state index contributed by atoms with van der Waals surface area (Å²) in [7, 11) is -3.04. The summed E-state index contributed by atoms with van der Waals surface area (Å²) in [6.07, 6.45) is 3.71. The van der Waals surface area contributed by atoms with Crippen LogP contribution in [0.15, 0.2) is 0 Å². The third-order valence-electron chi connectivity index (χ3n) is 3.91. The molecule has 1 fully saturated rings. The molecular weight excluding hydrogens is 264 g/mol. The van der Waals surface area contributed by atoms with E-state index in [1.165, 1.54) is 6.26 Å². The van der Waals surface area contributed by atoms with Crippen LogP contribution in [-0.2, 0) is 14.6 Å². The summed E-state index contributed by atoms with van der Waals surface area (Å²) in [6, 6.07) is -0.420. The second-order valence-corrected chi connectivity index (χ2v) is 7.57. The first-order valence-electron chi connectivity index (χ1n) is 7.04. The molecule has 1 aliphatic carbocycles. The summed E-state index contributed by atoms with van der Waals surface area (Å²) in [5, 5.41) is 2.87. The smallest absolute Gasteiger partial charge is 0.239 e. The van der Waals surface area contributed by atoms with E-state index in [9.17, 15) is 13.2 Å². The van der Waals surface area contributed by atoms with Crippen molar-refractivity contribution >= 4 is 15.7 Å². The SMILES string of the molecule is CCN(CC)C(=O)C(C)NC1CCCC1S(C)(=O)=O. The average molecular weight is 290 g/mol. The highest BCUT2D eigenvalue weighted by molar-refractivity contribution is 7.91. The number of nitrogens with zero attached hydrogens (tertiary/aromatic N) is 1. The Balaban J connectivity index is 2.66. The Morgan fingerprint density at radius 2 is 1.89 bits per heavy atom. The van der Waals surface area contributed by atoms with Gasteiger partial charge >= 0.3 is 0 Å². The Morgan fingerprint density at radius 3 is 2.37 bits per heavy atom. The highest BCUT2D eigenvalue weighted by Gasteiger charge is 2.36. The maximum Gasteiger partial charge on any atom is 0.239 e. The van der Waals surface area contributed by atoms with Crippen LogP contribution in [0, 0.1) is 0 Å². The van der Waals surface area contributed by atoms with E-state index < -0.39 is 9.84 Å². The van der Waals surface area contributed by atoms with Gasteiger partial charge in [-0.15, -0.1) is 0 Å². The molecular formula is C13H26N2O3S. The molecule has 1 rings (SSSR count). The molecule has 0 saturated heterocycles. The van der Waals surface area contributed by atoms with Gasteiger partial charge in [0.25, 0.3) is 0 Å². The normalized spacial score (nSPS) is 25.3. The molecule has 0 aliphatic heterocycles. The Hall–Kier alpha value is -0.620. The molecule has 0 bridgehead atoms. The zero-order valence-electron chi connectivity index (χ0n) is 12.3. The van der Waals surface area contributed by atoms with Crippen LogP contribution in [0.5, 0.6) is 0 Å². The monoisotopic (exact) mass is 290 g/mol. The number of likely N-dealkylation sites (N-methyl/N-ethyl adjacent to an activating group) is 1. The number of carbonyl (C=O) groups is 1. The summed E-state index contributed by atoms with van der Waals surface area (Å²) in [6.45, 7) is 7.08. The minimum atomic E-state index is -3.04. The van der Waals surface area contributed by atoms with E-state index in [2.05, 4.69) is 5.32 Å². The first-order chi connectivity index (χ1) is 8.81. The molecule has 0 spiro atoms. The van der Waals surface area contributed by atoms with Crippen LogP contribution in [0.2, 0.25) is 0 Å². The first-order valence-corrected chi connectivity index (χ1v) is 9.00. The lowest BCUT2D eigenvalue weighted by molar-refractivity contribution is -0.132. The van der Waals surface area contributed by atoms with Gasteiger partial charge in [-0.2, -0.15) is 0 Å². The minimum absolute atomic E-state index is 0.0455. The van der Waals surface area contributed by atoms with Crippen molar-refractivity contribution in [3.8, 4) is 0 Å². The van der Waals surface area contributed by atoms with Crippen LogP contribution in [0.4, 0.5) is 0 Å². The zero-order chi connectivity index (χ0) is 14.6. The van der Waals surface area contributed by atoms with E-state index >= 15 is 0 Å². The predicted molar refractivity (Wildman–Crippen MR) is 76.8 cm³/mol. The van der Waals surface area contributed by atoms with Gasteiger partial charge in [-0.1, -0.05) is 6.42 Å². The van der Waals surface area contributed by atoms with Gasteiger partial charge in [0.1, 0.15) is 0 Å². The van der Waals surface area contributed by atoms with Crippen LogP contribution >= 0.6 is 0 Å². The van der Waals surface area contributed by atoms with E-state index in [0.29, 0.717) is 19.5 Å². The van der Waals surface area contributed by atoms with Crippen molar-refractivity contribution in [2.24, 2.45) is 0 Å². The van der Waals surface area contributed by atoms with Gasteiger partial charge < -0.3 is 10.2 Å². The van der Waals surface area contributed by atoms with E-state index in [4.69, 9.17) is 0 Å². The van der Waals surface area contributed by atoms with Crippen molar-refractivity contribution in [3.05, 3.63) is 0 Å². The fraction of sp³-hybridized carbons (Fsp3) is 0.923. The number of hydrogen-bond acceptors (Lipinski definition) is 4. The summed E-state index contributed by atoms with van der Waals surface area (Å²) in [4.78, 5) is 13.9. The molecule has 1 aliphatic rings. The van der Waals surface area contributed by atoms with E-state index in [1.54, 1.807) is 4.90 Å². The summed E-state index contributed by atoms with van der Waals surface area (Å²) in [5.41, 5.74) is 0. The summed E-state index contributed by atoms with van der Waals surface area (Å²) in [5.74, 6) is 0.0455. The van der Waals surface area contributed by atoms with Crippen molar-refractivity contribution in [1.82, 2.24) is 10.2 Å². The molecule has 0 radical (unpaired) electrons. The standard InChI is InChI=1S/C13H26N2O3S/c1-5-15(6-2)13(16)10(3)14-11-8-7-9-12(11)19(4,17)18/h10-12,14H,5-9H2,1-4H3. The van der Waals surface area contributed by atoms with Crippen LogP contribution in [-0.4, -0.2) is 55.9 Å². The molecule has 1 amide bonds. The first kappa shape index (κ1) is 16.4. The Bertz CT molecular complexity index is 404. The molecule has 0 aromatic heterocycles. The summed E-state index contributed by atoms with van der Waals surface area (Å²) >= 11 is 0. The largest absolute Gasteiger partial charge is 0.342 e. The van der Waals surface area contributed by atoms with Crippen molar-refractivity contribution in [2.75, 3.05) is 19.3 Å². The van der Waals surface area contributed by atoms with Gasteiger partial charge in [0, 0.05) is 25.4 Å². The highest BCUT2D eigenvalue weighted by atomic mass is 32.2. The van der Waals surface area contributed by atoms with Crippen LogP contribution in [0.1, 0.15) is 40.0 Å². The van der Waals surface area contributed by atoms with Crippen molar-refractivity contribution < 1.29 is 13.2 Å². The van der Waals surface area contributed by atoms with Crippen molar-refractivity contribution in [1.29, 1.82) is 0 Å². The third kappa shape index (κ3) is 4.18. The second-order valence-electron chi connectivity index (χ2n) is 5.30. The molecule has 0 aromatic rings. The van der Waals surface area contributed by atoms with Crippen molar-refractivity contribution in [3.63, 3.8) is 0 Å². The number of hydrogen-bond donors (Lipinski definition) is 1. The van der Waals surface area contributed by atoms with Gasteiger partial charge in [-0.25, -0.2) is 8.42 Å². The molecule has 5 nitrogen and oxygen atoms in total. The topological polar surface area (TPSA) is 66.5 Å². The van der Waals surface area contributed by atoms with E-state index in [0.717, 1.165) is 12.8 Å². The van der Waals surface area contributed by atoms with Gasteiger partial charge in [0.05, 0.1) is 11.3 Å². The van der Waals surface area contributed by atoms with Crippen LogP contribution < -0.4 is 5.32 Å². The highest BCUT2D eigenvalue weighted by Crippen LogP contribution is 2.25. The van der Waals surface area contributed by atoms with Crippen LogP contribution in [0.25, 0.3) is 0 Å². The second kappa shape index (κ2) is 6.70. The Morgan fingerprint density at radius 1 is 1.32 bits per heavy atom. The number of nitrogens with one attached hydrogen (secondary N) is 1. The van der Waals surface area contributed by atoms with E-state index in [1.807, 2.05) is 20.8 Å². The molecule has 3 atom stereocenters. The van der Waals surface area contributed by atoms with Crippen molar-refractivity contribution in [2.45, 2.75) is 57.4 Å². The molecule has 6 heteroatoms. The third-order valence-corrected chi connectivity index (χ3v) is 5.58. The number of rotatable bonds is 6. The molecule has 112 valence electrons. The van der Waals surface area contributed by atoms with Gasteiger partial charge in [0.15, 0.2) is 9.84 Å². The molecule has 19 heavy (non-hydrogen) atoms.